The Kier molecular flexibility index (Phi) is 24.7. The highest BCUT2D eigenvalue weighted by Crippen LogP contribution is 2.18. The van der Waals surface area contributed by atoms with Crippen molar-refractivity contribution in [1.82, 2.24) is 16.0 Å². The highest BCUT2D eigenvalue weighted by atomic mass is 19.1. The van der Waals surface area contributed by atoms with Crippen LogP contribution in [-0.4, -0.2) is 82.9 Å². The third kappa shape index (κ3) is 20.2. The van der Waals surface area contributed by atoms with Crippen LogP contribution in [-0.2, 0) is 19.0 Å². The Morgan fingerprint density at radius 3 is 2.08 bits per heavy atom. The summed E-state index contributed by atoms with van der Waals surface area (Å²) in [5, 5.41) is 9.71. The van der Waals surface area contributed by atoms with Crippen LogP contribution >= 0.6 is 0 Å². The van der Waals surface area contributed by atoms with E-state index < -0.39 is 11.8 Å². The topological polar surface area (TPSA) is 80.8 Å². The van der Waals surface area contributed by atoms with Gasteiger partial charge in [0.05, 0.1) is 45.2 Å². The summed E-state index contributed by atoms with van der Waals surface area (Å²) in [7, 11) is 0. The van der Waals surface area contributed by atoms with E-state index in [0.717, 1.165) is 51.9 Å². The number of carbonyl (C=O) groups excluding carboxylic acids is 1. The molecular weight excluding hydrogens is 485 g/mol. The van der Waals surface area contributed by atoms with E-state index in [4.69, 9.17) is 14.2 Å². The van der Waals surface area contributed by atoms with Gasteiger partial charge >= 0.3 is 0 Å². The predicted octanol–water partition coefficient (Wildman–Crippen LogP) is 5.41. The van der Waals surface area contributed by atoms with Crippen molar-refractivity contribution in [2.75, 3.05) is 59.2 Å². The summed E-state index contributed by atoms with van der Waals surface area (Å²) >= 11 is 0. The number of unbranched alkanes of at least 4 members (excludes halogenated alkanes) is 3. The second kappa shape index (κ2) is 25.2. The molecule has 8 heteroatoms. The lowest BCUT2D eigenvalue weighted by Gasteiger charge is -2.29. The van der Waals surface area contributed by atoms with Gasteiger partial charge in [-0.25, -0.2) is 4.39 Å². The molecular formula is C30H62FN3O4. The molecule has 0 aliphatic rings. The van der Waals surface area contributed by atoms with E-state index in [1.807, 2.05) is 6.92 Å². The predicted molar refractivity (Wildman–Crippen MR) is 157 cm³/mol. The van der Waals surface area contributed by atoms with Crippen molar-refractivity contribution in [2.24, 2.45) is 5.92 Å². The van der Waals surface area contributed by atoms with Gasteiger partial charge in [0.1, 0.15) is 6.17 Å². The van der Waals surface area contributed by atoms with E-state index in [0.29, 0.717) is 32.5 Å². The molecule has 0 aliphatic carbocycles. The standard InChI is InChI=1S/C30H62FN3O4/c1-7-11-13-16-27(14-9-3)33-19-22-36-20-17-32-18-21-37-23-24-38-30(5,6)28(31)25-34-29(35)26(10-4)15-12-8-2/h26-28,32-33H,7-25H2,1-6H3,(H,34,35). The summed E-state index contributed by atoms with van der Waals surface area (Å²) < 4.78 is 31.7. The van der Waals surface area contributed by atoms with Gasteiger partial charge in [-0.2, -0.15) is 0 Å². The van der Waals surface area contributed by atoms with Gasteiger partial charge in [-0.05, 0) is 39.5 Å². The van der Waals surface area contributed by atoms with Crippen molar-refractivity contribution < 1.29 is 23.4 Å². The molecule has 0 aromatic heterocycles. The van der Waals surface area contributed by atoms with Crippen LogP contribution in [0.25, 0.3) is 0 Å². The maximum absolute atomic E-state index is 14.7. The number of amides is 1. The molecule has 0 saturated heterocycles. The number of ether oxygens (including phenoxy) is 3. The Balaban J connectivity index is 3.74. The second-order valence-electron chi connectivity index (χ2n) is 10.8. The molecule has 3 unspecified atom stereocenters. The first kappa shape index (κ1) is 37.2. The van der Waals surface area contributed by atoms with E-state index >= 15 is 0 Å². The normalized spacial score (nSPS) is 14.4. The van der Waals surface area contributed by atoms with Crippen LogP contribution < -0.4 is 16.0 Å². The third-order valence-electron chi connectivity index (χ3n) is 7.00. The Morgan fingerprint density at radius 1 is 0.789 bits per heavy atom. The highest BCUT2D eigenvalue weighted by molar-refractivity contribution is 5.78. The summed E-state index contributed by atoms with van der Waals surface area (Å²) in [5.41, 5.74) is -0.988. The molecule has 7 nitrogen and oxygen atoms in total. The lowest BCUT2D eigenvalue weighted by Crippen LogP contribution is -2.45. The molecule has 0 saturated carbocycles. The number of hydrogen-bond donors (Lipinski definition) is 3. The van der Waals surface area contributed by atoms with E-state index in [9.17, 15) is 9.18 Å². The highest BCUT2D eigenvalue weighted by Gasteiger charge is 2.31. The maximum atomic E-state index is 14.7. The molecule has 0 rings (SSSR count). The van der Waals surface area contributed by atoms with Crippen molar-refractivity contribution in [2.45, 2.75) is 124 Å². The van der Waals surface area contributed by atoms with Crippen LogP contribution in [0, 0.1) is 5.92 Å². The molecule has 3 N–H and O–H groups in total. The van der Waals surface area contributed by atoms with Crippen molar-refractivity contribution >= 4 is 5.91 Å². The minimum Gasteiger partial charge on any atom is -0.379 e. The monoisotopic (exact) mass is 547 g/mol. The first-order chi connectivity index (χ1) is 18.3. The number of carbonyl (C=O) groups is 1. The third-order valence-corrected chi connectivity index (χ3v) is 7.00. The van der Waals surface area contributed by atoms with Crippen molar-refractivity contribution in [3.05, 3.63) is 0 Å². The number of hydrogen-bond acceptors (Lipinski definition) is 6. The fourth-order valence-electron chi connectivity index (χ4n) is 4.30. The van der Waals surface area contributed by atoms with E-state index in [2.05, 4.69) is 36.7 Å². The average Bonchev–Trinajstić information content (AvgIpc) is 2.90. The van der Waals surface area contributed by atoms with Crippen LogP contribution in [0.5, 0.6) is 0 Å². The molecule has 228 valence electrons. The fourth-order valence-corrected chi connectivity index (χ4v) is 4.30. The zero-order valence-electron chi connectivity index (χ0n) is 25.7. The van der Waals surface area contributed by atoms with Gasteiger partial charge in [-0.3, -0.25) is 4.79 Å². The molecule has 0 aliphatic heterocycles. The number of halogens is 1. The molecule has 0 fully saturated rings. The minimum atomic E-state index is -1.29. The Hall–Kier alpha value is -0.800. The van der Waals surface area contributed by atoms with Crippen molar-refractivity contribution in [3.63, 3.8) is 0 Å². The Morgan fingerprint density at radius 2 is 1.45 bits per heavy atom. The summed E-state index contributed by atoms with van der Waals surface area (Å²) in [6.45, 7) is 17.1. The molecule has 1 amide bonds. The number of nitrogens with one attached hydrogen (secondary N) is 3. The molecule has 0 heterocycles. The van der Waals surface area contributed by atoms with Gasteiger partial charge in [-0.15, -0.1) is 0 Å². The molecule has 0 spiro atoms. The second-order valence-corrected chi connectivity index (χ2v) is 10.8. The first-order valence-corrected chi connectivity index (χ1v) is 15.5. The Labute approximate surface area is 234 Å². The van der Waals surface area contributed by atoms with Crippen molar-refractivity contribution in [1.29, 1.82) is 0 Å². The average molecular weight is 548 g/mol. The van der Waals surface area contributed by atoms with Crippen LogP contribution in [0.15, 0.2) is 0 Å². The van der Waals surface area contributed by atoms with Gasteiger partial charge in [0.15, 0.2) is 0 Å². The summed E-state index contributed by atoms with van der Waals surface area (Å²) in [6, 6.07) is 0.616. The quantitative estimate of drug-likeness (QED) is 0.114. The zero-order chi connectivity index (χ0) is 28.5. The molecule has 38 heavy (non-hydrogen) atoms. The van der Waals surface area contributed by atoms with Gasteiger partial charge < -0.3 is 30.2 Å². The minimum absolute atomic E-state index is 0.0321. The van der Waals surface area contributed by atoms with E-state index in [-0.39, 0.29) is 18.4 Å². The Bertz CT molecular complexity index is 540. The van der Waals surface area contributed by atoms with Gasteiger partial charge in [-0.1, -0.05) is 66.2 Å². The lowest BCUT2D eigenvalue weighted by atomic mass is 9.97. The van der Waals surface area contributed by atoms with Crippen LogP contribution in [0.2, 0.25) is 0 Å². The molecule has 0 radical (unpaired) electrons. The van der Waals surface area contributed by atoms with Crippen LogP contribution in [0.4, 0.5) is 4.39 Å². The molecule has 0 bridgehead atoms. The maximum Gasteiger partial charge on any atom is 0.223 e. The smallest absolute Gasteiger partial charge is 0.223 e. The molecule has 3 atom stereocenters. The van der Waals surface area contributed by atoms with Gasteiger partial charge in [0.2, 0.25) is 5.91 Å². The van der Waals surface area contributed by atoms with E-state index in [1.165, 1.54) is 38.5 Å². The lowest BCUT2D eigenvalue weighted by molar-refractivity contribution is -0.127. The summed E-state index contributed by atoms with van der Waals surface area (Å²) in [6.07, 6.45) is 10.0. The van der Waals surface area contributed by atoms with Crippen LogP contribution in [0.3, 0.4) is 0 Å². The SMILES string of the molecule is CCCCCC(CCC)NCCOCCNCCOCCOC(C)(C)C(F)CNC(=O)C(CC)CCCC. The van der Waals surface area contributed by atoms with Gasteiger partial charge in [0, 0.05) is 31.6 Å². The van der Waals surface area contributed by atoms with Crippen LogP contribution in [0.1, 0.15) is 106 Å². The fraction of sp³-hybridized carbons (Fsp3) is 0.967. The summed E-state index contributed by atoms with van der Waals surface area (Å²) in [5.74, 6) is -0.101. The number of rotatable bonds is 28. The number of alkyl halides is 1. The zero-order valence-corrected chi connectivity index (χ0v) is 25.7. The summed E-state index contributed by atoms with van der Waals surface area (Å²) in [4.78, 5) is 12.3. The van der Waals surface area contributed by atoms with Crippen molar-refractivity contribution in [3.8, 4) is 0 Å². The van der Waals surface area contributed by atoms with E-state index in [1.54, 1.807) is 13.8 Å². The first-order valence-electron chi connectivity index (χ1n) is 15.5. The molecule has 0 aromatic rings. The largest absolute Gasteiger partial charge is 0.379 e. The molecule has 0 aromatic carbocycles. The van der Waals surface area contributed by atoms with Gasteiger partial charge in [0.25, 0.3) is 0 Å².